The van der Waals surface area contributed by atoms with E-state index in [2.05, 4.69) is 30.6 Å². The highest BCUT2D eigenvalue weighted by Crippen LogP contribution is 2.27. The van der Waals surface area contributed by atoms with Gasteiger partial charge in [0.25, 0.3) is 0 Å². The summed E-state index contributed by atoms with van der Waals surface area (Å²) in [7, 11) is -3.71. The van der Waals surface area contributed by atoms with Crippen LogP contribution in [-0.2, 0) is 23.2 Å². The molecule has 0 bridgehead atoms. The Labute approximate surface area is 131 Å². The molecule has 0 aliphatic rings. The number of aliphatic hydroxyl groups is 1. The number of benzene rings is 1. The topological polar surface area (TPSA) is 92.2 Å². The maximum absolute atomic E-state index is 12.4. The summed E-state index contributed by atoms with van der Waals surface area (Å²) in [6.45, 7) is 1.62. The van der Waals surface area contributed by atoms with E-state index in [9.17, 15) is 13.5 Å². The molecule has 0 saturated carbocycles. The second-order valence-corrected chi connectivity index (χ2v) is 6.94. The third-order valence-corrected chi connectivity index (χ3v) is 5.58. The predicted octanol–water partition coefficient (Wildman–Crippen LogP) is 1.52. The molecule has 0 saturated heterocycles. The number of nitrogens with one attached hydrogen (secondary N) is 1. The van der Waals surface area contributed by atoms with Gasteiger partial charge in [0.2, 0.25) is 10.0 Å². The zero-order valence-corrected chi connectivity index (χ0v) is 13.6. The highest BCUT2D eigenvalue weighted by Gasteiger charge is 2.19. The fraction of sp³-hybridized carbons (Fsp3) is 0.231. The predicted molar refractivity (Wildman–Crippen MR) is 80.9 cm³/mol. The summed E-state index contributed by atoms with van der Waals surface area (Å²) >= 11 is 3.28. The Hall–Kier alpha value is -1.35. The Kier molecular flexibility index (Phi) is 5.04. The van der Waals surface area contributed by atoms with Crippen LogP contribution in [0.15, 0.2) is 40.1 Å². The Balaban J connectivity index is 2.29. The highest BCUT2D eigenvalue weighted by atomic mass is 79.9. The summed E-state index contributed by atoms with van der Waals surface area (Å²) in [5.74, 6) is 0. The zero-order valence-electron chi connectivity index (χ0n) is 11.2. The van der Waals surface area contributed by atoms with Gasteiger partial charge in [-0.25, -0.2) is 23.1 Å². The van der Waals surface area contributed by atoms with Gasteiger partial charge in [-0.2, -0.15) is 0 Å². The zero-order chi connectivity index (χ0) is 15.5. The lowest BCUT2D eigenvalue weighted by atomic mass is 10.1. The molecule has 0 aliphatic heterocycles. The largest absolute Gasteiger partial charge is 0.392 e. The molecular formula is C13H14BrN3O3S. The first-order chi connectivity index (χ1) is 9.94. The number of hydrogen-bond acceptors (Lipinski definition) is 5. The van der Waals surface area contributed by atoms with Gasteiger partial charge < -0.3 is 5.11 Å². The molecule has 0 atom stereocenters. The first kappa shape index (κ1) is 16.0. The van der Waals surface area contributed by atoms with E-state index in [0.717, 1.165) is 5.56 Å². The molecule has 8 heteroatoms. The van der Waals surface area contributed by atoms with Gasteiger partial charge in [0.1, 0.15) is 6.33 Å². The first-order valence-corrected chi connectivity index (χ1v) is 8.36. The number of halogens is 1. The monoisotopic (exact) mass is 371 g/mol. The molecule has 2 rings (SSSR count). The number of hydrogen-bond donors (Lipinski definition) is 2. The van der Waals surface area contributed by atoms with E-state index in [0.29, 0.717) is 15.7 Å². The summed E-state index contributed by atoms with van der Waals surface area (Å²) in [6, 6.07) is 4.81. The maximum atomic E-state index is 12.4. The molecule has 0 radical (unpaired) electrons. The van der Waals surface area contributed by atoms with Crippen LogP contribution in [0.2, 0.25) is 0 Å². The van der Waals surface area contributed by atoms with Gasteiger partial charge in [-0.05, 0) is 46.1 Å². The molecule has 6 nitrogen and oxygen atoms in total. The van der Waals surface area contributed by atoms with Crippen LogP contribution in [0.4, 0.5) is 0 Å². The van der Waals surface area contributed by atoms with Gasteiger partial charge >= 0.3 is 0 Å². The van der Waals surface area contributed by atoms with E-state index in [1.165, 1.54) is 12.4 Å². The average molecular weight is 372 g/mol. The van der Waals surface area contributed by atoms with Crippen LogP contribution in [-0.4, -0.2) is 23.5 Å². The van der Waals surface area contributed by atoms with Crippen molar-refractivity contribution in [3.8, 4) is 0 Å². The van der Waals surface area contributed by atoms with Crippen LogP contribution < -0.4 is 4.72 Å². The Bertz CT molecular complexity index is 736. The van der Waals surface area contributed by atoms with Crippen LogP contribution in [0.3, 0.4) is 0 Å². The van der Waals surface area contributed by atoms with Crippen LogP contribution in [0.1, 0.15) is 16.8 Å². The van der Waals surface area contributed by atoms with Gasteiger partial charge in [0.15, 0.2) is 0 Å². The molecule has 1 aromatic carbocycles. The SMILES string of the molecule is Cc1cc(CO)cc(S(=O)(=O)NCc2ccncn2)c1Br. The van der Waals surface area contributed by atoms with Gasteiger partial charge in [-0.3, -0.25) is 0 Å². The first-order valence-electron chi connectivity index (χ1n) is 6.08. The minimum Gasteiger partial charge on any atom is -0.392 e. The minimum absolute atomic E-state index is 0.0691. The minimum atomic E-state index is -3.71. The molecule has 2 aromatic rings. The number of nitrogens with zero attached hydrogens (tertiary/aromatic N) is 2. The molecule has 112 valence electrons. The summed E-state index contributed by atoms with van der Waals surface area (Å²) in [5, 5.41) is 9.20. The molecule has 0 unspecified atom stereocenters. The normalized spacial score (nSPS) is 11.6. The fourth-order valence-corrected chi connectivity index (χ4v) is 3.83. The van der Waals surface area contributed by atoms with Crippen molar-refractivity contribution in [1.29, 1.82) is 0 Å². The smallest absolute Gasteiger partial charge is 0.242 e. The Morgan fingerprint density at radius 3 is 2.76 bits per heavy atom. The van der Waals surface area contributed by atoms with E-state index < -0.39 is 10.0 Å². The van der Waals surface area contributed by atoms with Crippen molar-refractivity contribution in [2.45, 2.75) is 25.0 Å². The lowest BCUT2D eigenvalue weighted by Gasteiger charge is -2.11. The van der Waals surface area contributed by atoms with E-state index >= 15 is 0 Å². The van der Waals surface area contributed by atoms with Crippen LogP contribution in [0, 0.1) is 6.92 Å². The quantitative estimate of drug-likeness (QED) is 0.830. The van der Waals surface area contributed by atoms with Crippen LogP contribution in [0.5, 0.6) is 0 Å². The van der Waals surface area contributed by atoms with Gasteiger partial charge in [0, 0.05) is 10.7 Å². The molecule has 0 fully saturated rings. The molecule has 0 aliphatic carbocycles. The standard InChI is InChI=1S/C13H14BrN3O3S/c1-9-4-10(7-18)5-12(13(9)14)21(19,20)17-6-11-2-3-15-8-16-11/h2-5,8,17-18H,6-7H2,1H3. The summed E-state index contributed by atoms with van der Waals surface area (Å²) in [5.41, 5.74) is 1.85. The molecule has 1 aromatic heterocycles. The van der Waals surface area contributed by atoms with Crippen molar-refractivity contribution >= 4 is 26.0 Å². The average Bonchev–Trinajstić information content (AvgIpc) is 2.48. The summed E-state index contributed by atoms with van der Waals surface area (Å²) in [6.07, 6.45) is 2.90. The number of rotatable bonds is 5. The van der Waals surface area contributed by atoms with Crippen molar-refractivity contribution in [1.82, 2.24) is 14.7 Å². The molecule has 0 spiro atoms. The number of sulfonamides is 1. The Morgan fingerprint density at radius 1 is 1.38 bits per heavy atom. The molecule has 1 heterocycles. The highest BCUT2D eigenvalue weighted by molar-refractivity contribution is 9.10. The fourth-order valence-electron chi connectivity index (χ4n) is 1.77. The second kappa shape index (κ2) is 6.61. The molecule has 2 N–H and O–H groups in total. The van der Waals surface area contributed by atoms with E-state index in [1.54, 1.807) is 25.3 Å². The third-order valence-electron chi connectivity index (χ3n) is 2.84. The third kappa shape index (κ3) is 3.85. The second-order valence-electron chi connectivity index (χ2n) is 4.41. The number of aryl methyl sites for hydroxylation is 1. The van der Waals surface area contributed by atoms with Gasteiger partial charge in [-0.1, -0.05) is 6.07 Å². The molecule has 0 amide bonds. The van der Waals surface area contributed by atoms with E-state index in [4.69, 9.17) is 0 Å². The van der Waals surface area contributed by atoms with Crippen molar-refractivity contribution in [3.05, 3.63) is 52.0 Å². The summed E-state index contributed by atoms with van der Waals surface area (Å²) < 4.78 is 27.7. The van der Waals surface area contributed by atoms with E-state index in [-0.39, 0.29) is 18.0 Å². The van der Waals surface area contributed by atoms with Gasteiger partial charge in [0.05, 0.1) is 23.7 Å². The van der Waals surface area contributed by atoms with Crippen LogP contribution >= 0.6 is 15.9 Å². The lowest BCUT2D eigenvalue weighted by molar-refractivity contribution is 0.281. The van der Waals surface area contributed by atoms with Gasteiger partial charge in [-0.15, -0.1) is 0 Å². The number of aromatic nitrogens is 2. The van der Waals surface area contributed by atoms with Crippen molar-refractivity contribution in [2.24, 2.45) is 0 Å². The van der Waals surface area contributed by atoms with E-state index in [1.807, 2.05) is 0 Å². The van der Waals surface area contributed by atoms with Crippen molar-refractivity contribution in [3.63, 3.8) is 0 Å². The Morgan fingerprint density at radius 2 is 2.14 bits per heavy atom. The van der Waals surface area contributed by atoms with Crippen molar-refractivity contribution in [2.75, 3.05) is 0 Å². The number of aliphatic hydroxyl groups excluding tert-OH is 1. The molecular weight excluding hydrogens is 358 g/mol. The lowest BCUT2D eigenvalue weighted by Crippen LogP contribution is -2.24. The van der Waals surface area contributed by atoms with Crippen molar-refractivity contribution < 1.29 is 13.5 Å². The maximum Gasteiger partial charge on any atom is 0.242 e. The summed E-state index contributed by atoms with van der Waals surface area (Å²) in [4.78, 5) is 7.83. The molecule has 21 heavy (non-hydrogen) atoms. The van der Waals surface area contributed by atoms with Crippen LogP contribution in [0.25, 0.3) is 0 Å².